The van der Waals surface area contributed by atoms with Gasteiger partial charge in [0.2, 0.25) is 0 Å². The number of ether oxygens (including phenoxy) is 2. The number of aliphatic hydroxyl groups excluding tert-OH is 1. The minimum absolute atomic E-state index is 0.154. The molecule has 1 aromatic carbocycles. The summed E-state index contributed by atoms with van der Waals surface area (Å²) in [6.07, 6.45) is 0. The average Bonchev–Trinajstić information content (AvgIpc) is 2.29. The Bertz CT molecular complexity index is 350. The minimum Gasteiger partial charge on any atom is -0.492 e. The van der Waals surface area contributed by atoms with E-state index in [1.165, 1.54) is 0 Å². The van der Waals surface area contributed by atoms with Gasteiger partial charge in [-0.2, -0.15) is 0 Å². The quantitative estimate of drug-likeness (QED) is 0.791. The molecule has 1 rings (SSSR count). The topological polar surface area (TPSA) is 64.7 Å². The van der Waals surface area contributed by atoms with Gasteiger partial charge in [0.15, 0.2) is 11.5 Å². The Morgan fingerprint density at radius 2 is 2.12 bits per heavy atom. The van der Waals surface area contributed by atoms with E-state index in [0.29, 0.717) is 18.1 Å². The molecule has 0 fully saturated rings. The molecule has 0 aromatic heterocycles. The van der Waals surface area contributed by atoms with Crippen LogP contribution in [0.2, 0.25) is 0 Å². The van der Waals surface area contributed by atoms with Crippen molar-refractivity contribution in [2.45, 2.75) is 19.4 Å². The van der Waals surface area contributed by atoms with Crippen molar-refractivity contribution in [1.82, 2.24) is 0 Å². The van der Waals surface area contributed by atoms with Crippen molar-refractivity contribution in [3.05, 3.63) is 23.8 Å². The third kappa shape index (κ3) is 2.46. The highest BCUT2D eigenvalue weighted by Crippen LogP contribution is 2.36. The van der Waals surface area contributed by atoms with Gasteiger partial charge in [-0.1, -0.05) is 12.1 Å². The summed E-state index contributed by atoms with van der Waals surface area (Å²) >= 11 is 0. The predicted molar refractivity (Wildman–Crippen MR) is 62.8 cm³/mol. The van der Waals surface area contributed by atoms with E-state index in [9.17, 15) is 5.11 Å². The fourth-order valence-electron chi connectivity index (χ4n) is 1.53. The lowest BCUT2D eigenvalue weighted by Gasteiger charge is -2.25. The molecule has 4 heteroatoms. The Balaban J connectivity index is 3.23. The fourth-order valence-corrected chi connectivity index (χ4v) is 1.53. The van der Waals surface area contributed by atoms with E-state index in [-0.39, 0.29) is 6.61 Å². The molecule has 1 atom stereocenters. The highest BCUT2D eigenvalue weighted by atomic mass is 16.5. The summed E-state index contributed by atoms with van der Waals surface area (Å²) in [7, 11) is 1.56. The van der Waals surface area contributed by atoms with Crippen LogP contribution in [0.4, 0.5) is 0 Å². The van der Waals surface area contributed by atoms with Crippen molar-refractivity contribution in [2.24, 2.45) is 5.73 Å². The Labute approximate surface area is 96.0 Å². The fraction of sp³-hybridized carbons (Fsp3) is 0.500. The number of rotatable bonds is 5. The van der Waals surface area contributed by atoms with Crippen molar-refractivity contribution < 1.29 is 14.6 Å². The summed E-state index contributed by atoms with van der Waals surface area (Å²) in [5, 5.41) is 9.27. The van der Waals surface area contributed by atoms with Gasteiger partial charge in [0.25, 0.3) is 0 Å². The zero-order valence-electron chi connectivity index (χ0n) is 9.99. The number of methoxy groups -OCH3 is 1. The summed E-state index contributed by atoms with van der Waals surface area (Å²) < 4.78 is 10.7. The molecule has 0 bridgehead atoms. The number of hydrogen-bond donors (Lipinski definition) is 2. The van der Waals surface area contributed by atoms with Gasteiger partial charge in [0, 0.05) is 5.56 Å². The van der Waals surface area contributed by atoms with Crippen LogP contribution in [0.15, 0.2) is 18.2 Å². The maximum atomic E-state index is 9.27. The average molecular weight is 225 g/mol. The number of para-hydroxylation sites is 1. The Hall–Kier alpha value is -1.26. The van der Waals surface area contributed by atoms with Crippen LogP contribution in [0.3, 0.4) is 0 Å². The molecule has 1 aromatic rings. The second-order valence-electron chi connectivity index (χ2n) is 3.85. The molecule has 16 heavy (non-hydrogen) atoms. The van der Waals surface area contributed by atoms with Gasteiger partial charge in [-0.15, -0.1) is 0 Å². The molecule has 0 heterocycles. The van der Waals surface area contributed by atoms with Gasteiger partial charge in [-0.3, -0.25) is 0 Å². The van der Waals surface area contributed by atoms with E-state index < -0.39 is 5.54 Å². The Morgan fingerprint density at radius 3 is 2.62 bits per heavy atom. The van der Waals surface area contributed by atoms with Gasteiger partial charge >= 0.3 is 0 Å². The molecule has 3 N–H and O–H groups in total. The molecular formula is C12H19NO3. The summed E-state index contributed by atoms with van der Waals surface area (Å²) in [5.74, 6) is 1.23. The van der Waals surface area contributed by atoms with Gasteiger partial charge in [0.1, 0.15) is 0 Å². The maximum absolute atomic E-state index is 9.27. The number of hydrogen-bond acceptors (Lipinski definition) is 4. The standard InChI is InChI=1S/C12H19NO3/c1-4-16-10-7-5-6-9(11(10)15-3)12(2,13)8-14/h5-7,14H,4,8,13H2,1-3H3. The summed E-state index contributed by atoms with van der Waals surface area (Å²) in [6.45, 7) is 4.06. The number of benzene rings is 1. The van der Waals surface area contributed by atoms with Crippen LogP contribution in [-0.4, -0.2) is 25.4 Å². The van der Waals surface area contributed by atoms with E-state index in [1.54, 1.807) is 14.0 Å². The van der Waals surface area contributed by atoms with Crippen molar-refractivity contribution in [3.63, 3.8) is 0 Å². The summed E-state index contributed by atoms with van der Waals surface area (Å²) in [5.41, 5.74) is 5.90. The second kappa shape index (κ2) is 5.18. The second-order valence-corrected chi connectivity index (χ2v) is 3.85. The zero-order chi connectivity index (χ0) is 12.2. The molecule has 1 unspecified atom stereocenters. The molecule has 0 saturated carbocycles. The molecule has 0 radical (unpaired) electrons. The normalized spacial score (nSPS) is 14.3. The molecule has 90 valence electrons. The molecule has 0 amide bonds. The van der Waals surface area contributed by atoms with Crippen LogP contribution >= 0.6 is 0 Å². The lowest BCUT2D eigenvalue weighted by atomic mass is 9.93. The van der Waals surface area contributed by atoms with Crippen molar-refractivity contribution in [3.8, 4) is 11.5 Å². The van der Waals surface area contributed by atoms with E-state index in [1.807, 2.05) is 25.1 Å². The molecular weight excluding hydrogens is 206 g/mol. The first-order valence-electron chi connectivity index (χ1n) is 5.26. The molecule has 0 aliphatic heterocycles. The molecule has 0 aliphatic rings. The largest absolute Gasteiger partial charge is 0.492 e. The SMILES string of the molecule is CCOc1cccc(C(C)(N)CO)c1OC. The maximum Gasteiger partial charge on any atom is 0.165 e. The minimum atomic E-state index is -0.835. The molecule has 4 nitrogen and oxygen atoms in total. The van der Waals surface area contributed by atoms with Crippen molar-refractivity contribution in [2.75, 3.05) is 20.3 Å². The number of aliphatic hydroxyl groups is 1. The van der Waals surface area contributed by atoms with Gasteiger partial charge in [0.05, 0.1) is 25.9 Å². The summed E-state index contributed by atoms with van der Waals surface area (Å²) in [6, 6.07) is 5.49. The highest BCUT2D eigenvalue weighted by Gasteiger charge is 2.26. The van der Waals surface area contributed by atoms with Gasteiger partial charge < -0.3 is 20.3 Å². The molecule has 0 aliphatic carbocycles. The summed E-state index contributed by atoms with van der Waals surface area (Å²) in [4.78, 5) is 0. The van der Waals surface area contributed by atoms with Crippen LogP contribution in [0.25, 0.3) is 0 Å². The zero-order valence-corrected chi connectivity index (χ0v) is 9.99. The van der Waals surface area contributed by atoms with Gasteiger partial charge in [-0.25, -0.2) is 0 Å². The smallest absolute Gasteiger partial charge is 0.165 e. The highest BCUT2D eigenvalue weighted by molar-refractivity contribution is 5.49. The lowest BCUT2D eigenvalue weighted by Crippen LogP contribution is -2.37. The van der Waals surface area contributed by atoms with Crippen LogP contribution in [-0.2, 0) is 5.54 Å². The third-order valence-electron chi connectivity index (χ3n) is 2.43. The Morgan fingerprint density at radius 1 is 1.44 bits per heavy atom. The van der Waals surface area contributed by atoms with E-state index in [4.69, 9.17) is 15.2 Å². The van der Waals surface area contributed by atoms with Crippen LogP contribution in [0, 0.1) is 0 Å². The molecule has 0 saturated heterocycles. The van der Waals surface area contributed by atoms with Crippen LogP contribution < -0.4 is 15.2 Å². The first kappa shape index (κ1) is 12.8. The van der Waals surface area contributed by atoms with Crippen LogP contribution in [0.5, 0.6) is 11.5 Å². The third-order valence-corrected chi connectivity index (χ3v) is 2.43. The van der Waals surface area contributed by atoms with Crippen molar-refractivity contribution in [1.29, 1.82) is 0 Å². The first-order valence-corrected chi connectivity index (χ1v) is 5.26. The van der Waals surface area contributed by atoms with Crippen LogP contribution in [0.1, 0.15) is 19.4 Å². The predicted octanol–water partition coefficient (Wildman–Crippen LogP) is 1.26. The lowest BCUT2D eigenvalue weighted by molar-refractivity contribution is 0.205. The Kier molecular flexibility index (Phi) is 4.15. The van der Waals surface area contributed by atoms with E-state index >= 15 is 0 Å². The van der Waals surface area contributed by atoms with E-state index in [2.05, 4.69) is 0 Å². The van der Waals surface area contributed by atoms with E-state index in [0.717, 1.165) is 5.56 Å². The molecule has 0 spiro atoms. The number of nitrogens with two attached hydrogens (primary N) is 1. The van der Waals surface area contributed by atoms with Gasteiger partial charge in [-0.05, 0) is 19.9 Å². The first-order chi connectivity index (χ1) is 7.56. The monoisotopic (exact) mass is 225 g/mol. The van der Waals surface area contributed by atoms with Crippen molar-refractivity contribution >= 4 is 0 Å².